The Balaban J connectivity index is 2.07. The number of nitrogens with one attached hydrogen (secondary N) is 1. The molecule has 6 heteroatoms. The Morgan fingerprint density at radius 2 is 1.80 bits per heavy atom. The highest BCUT2D eigenvalue weighted by Crippen LogP contribution is 2.29. The van der Waals surface area contributed by atoms with Crippen molar-refractivity contribution >= 4 is 17.4 Å². The zero-order valence-electron chi connectivity index (χ0n) is 14.2. The highest BCUT2D eigenvalue weighted by molar-refractivity contribution is 5.95. The predicted molar refractivity (Wildman–Crippen MR) is 92.9 cm³/mol. The van der Waals surface area contributed by atoms with E-state index in [0.717, 1.165) is 0 Å². The van der Waals surface area contributed by atoms with Gasteiger partial charge in [0.1, 0.15) is 0 Å². The van der Waals surface area contributed by atoms with Crippen LogP contribution in [0.5, 0.6) is 11.5 Å². The Kier molecular flexibility index (Phi) is 5.75. The molecule has 128 valence electrons. The number of nitrogens with zero attached hydrogens (tertiary/aromatic N) is 1. The summed E-state index contributed by atoms with van der Waals surface area (Å²) < 4.78 is 10.9. The number of ketones is 1. The third-order valence-electron chi connectivity index (χ3n) is 3.52. The molecule has 0 saturated carbocycles. The number of hydrogen-bond acceptors (Lipinski definition) is 5. The molecule has 1 amide bonds. The minimum Gasteiger partial charge on any atom is -0.493 e. The number of anilines is 1. The van der Waals surface area contributed by atoms with Gasteiger partial charge in [0.15, 0.2) is 23.4 Å². The number of carbonyl (C=O) groups is 2. The molecule has 2 aromatic carbocycles. The van der Waals surface area contributed by atoms with Gasteiger partial charge in [-0.15, -0.1) is 0 Å². The van der Waals surface area contributed by atoms with Crippen LogP contribution < -0.4 is 14.8 Å². The lowest BCUT2D eigenvalue weighted by Gasteiger charge is -2.17. The van der Waals surface area contributed by atoms with Crippen LogP contribution in [0.4, 0.5) is 5.69 Å². The highest BCUT2D eigenvalue weighted by Gasteiger charge is 2.18. The second-order valence-corrected chi connectivity index (χ2v) is 5.36. The van der Waals surface area contributed by atoms with Gasteiger partial charge in [-0.2, -0.15) is 5.26 Å². The molecule has 1 N–H and O–H groups in total. The summed E-state index contributed by atoms with van der Waals surface area (Å²) in [6.45, 7) is 3.07. The summed E-state index contributed by atoms with van der Waals surface area (Å²) in [5.74, 6) is 0.319. The molecule has 25 heavy (non-hydrogen) atoms. The van der Waals surface area contributed by atoms with Crippen LogP contribution in [0.25, 0.3) is 0 Å². The molecule has 0 aliphatic heterocycles. The third kappa shape index (κ3) is 4.58. The summed E-state index contributed by atoms with van der Waals surface area (Å²) in [7, 11) is 1.47. The molecule has 0 bridgehead atoms. The first kappa shape index (κ1) is 18.0. The smallest absolute Gasteiger partial charge is 0.265 e. The Morgan fingerprint density at radius 1 is 1.12 bits per heavy atom. The molecule has 2 aromatic rings. The Morgan fingerprint density at radius 3 is 2.36 bits per heavy atom. The van der Waals surface area contributed by atoms with Crippen LogP contribution in [-0.4, -0.2) is 24.9 Å². The molecule has 0 unspecified atom stereocenters. The van der Waals surface area contributed by atoms with Crippen LogP contribution in [0.1, 0.15) is 29.8 Å². The normalized spacial score (nSPS) is 11.1. The molecular formula is C19H18N2O4. The first-order valence-corrected chi connectivity index (χ1v) is 7.61. The maximum Gasteiger partial charge on any atom is 0.265 e. The fourth-order valence-corrected chi connectivity index (χ4v) is 2.10. The van der Waals surface area contributed by atoms with E-state index in [9.17, 15) is 9.59 Å². The third-order valence-corrected chi connectivity index (χ3v) is 3.52. The number of amides is 1. The van der Waals surface area contributed by atoms with Crippen LogP contribution in [0.15, 0.2) is 42.5 Å². The van der Waals surface area contributed by atoms with E-state index in [-0.39, 0.29) is 11.7 Å². The summed E-state index contributed by atoms with van der Waals surface area (Å²) in [6, 6.07) is 13.3. The van der Waals surface area contributed by atoms with E-state index in [2.05, 4.69) is 5.32 Å². The van der Waals surface area contributed by atoms with Gasteiger partial charge in [-0.1, -0.05) is 0 Å². The van der Waals surface area contributed by atoms with Gasteiger partial charge in [-0.3, -0.25) is 9.59 Å². The SMILES string of the molecule is COc1cc(C(C)=O)ccc1O[C@H](C)C(=O)Nc1ccc(C#N)cc1. The average molecular weight is 338 g/mol. The first-order valence-electron chi connectivity index (χ1n) is 7.61. The van der Waals surface area contributed by atoms with E-state index in [0.29, 0.717) is 28.3 Å². The second-order valence-electron chi connectivity index (χ2n) is 5.36. The number of rotatable bonds is 6. The number of nitriles is 1. The van der Waals surface area contributed by atoms with Crippen molar-refractivity contribution in [2.24, 2.45) is 0 Å². The Labute approximate surface area is 146 Å². The first-order chi connectivity index (χ1) is 11.9. The molecule has 2 rings (SSSR count). The van der Waals surface area contributed by atoms with Crippen molar-refractivity contribution in [2.45, 2.75) is 20.0 Å². The van der Waals surface area contributed by atoms with Gasteiger partial charge in [0.05, 0.1) is 18.7 Å². The van der Waals surface area contributed by atoms with Gasteiger partial charge in [0.2, 0.25) is 0 Å². The molecule has 0 heterocycles. The van der Waals surface area contributed by atoms with Crippen molar-refractivity contribution < 1.29 is 19.1 Å². The number of Topliss-reactive ketones (excluding diaryl/α,β-unsaturated/α-hetero) is 1. The van der Waals surface area contributed by atoms with Gasteiger partial charge < -0.3 is 14.8 Å². The molecule has 1 atom stereocenters. The molecule has 6 nitrogen and oxygen atoms in total. The van der Waals surface area contributed by atoms with Crippen molar-refractivity contribution in [3.05, 3.63) is 53.6 Å². The zero-order chi connectivity index (χ0) is 18.4. The topological polar surface area (TPSA) is 88.4 Å². The van der Waals surface area contributed by atoms with E-state index in [1.165, 1.54) is 14.0 Å². The summed E-state index contributed by atoms with van der Waals surface area (Å²) in [5.41, 5.74) is 1.58. The number of benzene rings is 2. The van der Waals surface area contributed by atoms with Gasteiger partial charge in [0.25, 0.3) is 5.91 Å². The highest BCUT2D eigenvalue weighted by atomic mass is 16.5. The number of ether oxygens (including phenoxy) is 2. The van der Waals surface area contributed by atoms with Crippen LogP contribution in [0.2, 0.25) is 0 Å². The van der Waals surface area contributed by atoms with E-state index in [4.69, 9.17) is 14.7 Å². The molecule has 0 fully saturated rings. The molecule has 0 spiro atoms. The van der Waals surface area contributed by atoms with Gasteiger partial charge in [-0.05, 0) is 56.3 Å². The summed E-state index contributed by atoms with van der Waals surface area (Å²) in [5, 5.41) is 11.5. The van der Waals surface area contributed by atoms with Crippen LogP contribution in [0, 0.1) is 11.3 Å². The van der Waals surface area contributed by atoms with Gasteiger partial charge in [-0.25, -0.2) is 0 Å². The average Bonchev–Trinajstić information content (AvgIpc) is 2.62. The minimum atomic E-state index is -0.785. The van der Waals surface area contributed by atoms with E-state index >= 15 is 0 Å². The fourth-order valence-electron chi connectivity index (χ4n) is 2.10. The summed E-state index contributed by atoms with van der Waals surface area (Å²) >= 11 is 0. The quantitative estimate of drug-likeness (QED) is 0.817. The maximum absolute atomic E-state index is 12.3. The molecule has 0 radical (unpaired) electrons. The van der Waals surface area contributed by atoms with E-state index in [1.807, 2.05) is 6.07 Å². The largest absolute Gasteiger partial charge is 0.493 e. The van der Waals surface area contributed by atoms with Crippen molar-refractivity contribution in [3.8, 4) is 17.6 Å². The number of carbonyl (C=O) groups excluding carboxylic acids is 2. The fraction of sp³-hybridized carbons (Fsp3) is 0.211. The van der Waals surface area contributed by atoms with Crippen LogP contribution in [0.3, 0.4) is 0 Å². The lowest BCUT2D eigenvalue weighted by molar-refractivity contribution is -0.122. The zero-order valence-corrected chi connectivity index (χ0v) is 14.2. The minimum absolute atomic E-state index is 0.0866. The van der Waals surface area contributed by atoms with Crippen molar-refractivity contribution in [2.75, 3.05) is 12.4 Å². The standard InChI is InChI=1S/C19H18N2O4/c1-12(22)15-6-9-17(18(10-15)24-3)25-13(2)19(23)21-16-7-4-14(11-20)5-8-16/h4-10,13H,1-3H3,(H,21,23)/t13-/m1/s1. The molecular weight excluding hydrogens is 320 g/mol. The van der Waals surface area contributed by atoms with Gasteiger partial charge in [0, 0.05) is 11.3 Å². The molecule has 0 aliphatic carbocycles. The molecule has 0 saturated heterocycles. The number of methoxy groups -OCH3 is 1. The summed E-state index contributed by atoms with van der Waals surface area (Å²) in [6.07, 6.45) is -0.785. The molecule has 0 aromatic heterocycles. The van der Waals surface area contributed by atoms with Crippen molar-refractivity contribution in [3.63, 3.8) is 0 Å². The second kappa shape index (κ2) is 7.97. The lowest BCUT2D eigenvalue weighted by Crippen LogP contribution is -2.30. The predicted octanol–water partition coefficient (Wildman–Crippen LogP) is 3.18. The van der Waals surface area contributed by atoms with Crippen molar-refractivity contribution in [1.29, 1.82) is 5.26 Å². The maximum atomic E-state index is 12.3. The van der Waals surface area contributed by atoms with E-state index in [1.54, 1.807) is 49.4 Å². The lowest BCUT2D eigenvalue weighted by atomic mass is 10.1. The number of hydrogen-bond donors (Lipinski definition) is 1. The Hall–Kier alpha value is -3.33. The van der Waals surface area contributed by atoms with Crippen LogP contribution in [-0.2, 0) is 4.79 Å². The van der Waals surface area contributed by atoms with Crippen molar-refractivity contribution in [1.82, 2.24) is 0 Å². The van der Waals surface area contributed by atoms with E-state index < -0.39 is 6.10 Å². The monoisotopic (exact) mass is 338 g/mol. The summed E-state index contributed by atoms with van der Waals surface area (Å²) in [4.78, 5) is 23.7. The van der Waals surface area contributed by atoms with Crippen LogP contribution >= 0.6 is 0 Å². The molecule has 0 aliphatic rings. The Bertz CT molecular complexity index is 822. The van der Waals surface area contributed by atoms with Gasteiger partial charge >= 0.3 is 0 Å².